The fourth-order valence-corrected chi connectivity index (χ4v) is 2.93. The molecule has 3 rings (SSSR count). The molecule has 26 heavy (non-hydrogen) atoms. The van der Waals surface area contributed by atoms with Crippen molar-refractivity contribution in [3.8, 4) is 11.1 Å². The Kier molecular flexibility index (Phi) is 5.65. The predicted molar refractivity (Wildman–Crippen MR) is 93.1 cm³/mol. The molecule has 2 aromatic rings. The first-order valence-corrected chi connectivity index (χ1v) is 8.28. The number of rotatable bonds is 4. The van der Waals surface area contributed by atoms with Gasteiger partial charge >= 0.3 is 0 Å². The standard InChI is InChI=1S/C19H21NO6/c21-10-14-16(22)17(23)15(19(25)26-14)20-18(24)13-8-6-12(7-9-13)11-4-2-1-3-5-11/h1-9,14-17,19,21-23,25H,10H2,(H,20,24)/t14-,15-,16-,17-,19?/m1/s1. The van der Waals surface area contributed by atoms with Gasteiger partial charge < -0.3 is 30.5 Å². The van der Waals surface area contributed by atoms with Gasteiger partial charge in [0, 0.05) is 5.56 Å². The number of amides is 1. The van der Waals surface area contributed by atoms with Crippen molar-refractivity contribution in [3.63, 3.8) is 0 Å². The van der Waals surface area contributed by atoms with Crippen molar-refractivity contribution in [1.29, 1.82) is 0 Å². The quantitative estimate of drug-likeness (QED) is 0.519. The van der Waals surface area contributed by atoms with Crippen molar-refractivity contribution >= 4 is 5.91 Å². The molecule has 1 amide bonds. The number of hydrogen-bond acceptors (Lipinski definition) is 6. The van der Waals surface area contributed by atoms with Crippen LogP contribution in [0.25, 0.3) is 11.1 Å². The number of carbonyl (C=O) groups excluding carboxylic acids is 1. The highest BCUT2D eigenvalue weighted by Crippen LogP contribution is 2.21. The zero-order chi connectivity index (χ0) is 18.7. The first kappa shape index (κ1) is 18.5. The first-order chi connectivity index (χ1) is 12.5. The molecule has 1 heterocycles. The third-order valence-electron chi connectivity index (χ3n) is 4.45. The highest BCUT2D eigenvalue weighted by atomic mass is 16.6. The highest BCUT2D eigenvalue weighted by Gasteiger charge is 2.44. The zero-order valence-electron chi connectivity index (χ0n) is 13.9. The monoisotopic (exact) mass is 359 g/mol. The van der Waals surface area contributed by atoms with E-state index in [1.165, 1.54) is 0 Å². The molecular formula is C19H21NO6. The summed E-state index contributed by atoms with van der Waals surface area (Å²) in [5, 5.41) is 41.4. The lowest BCUT2D eigenvalue weighted by atomic mass is 9.96. The SMILES string of the molecule is O=C(N[C@H]1C(O)O[C@H](CO)[C@@H](O)[C@@H]1O)c1ccc(-c2ccccc2)cc1. The van der Waals surface area contributed by atoms with Crippen LogP contribution in [0, 0.1) is 0 Å². The van der Waals surface area contributed by atoms with E-state index in [1.54, 1.807) is 24.3 Å². The third kappa shape index (κ3) is 3.77. The van der Waals surface area contributed by atoms with Crippen LogP contribution in [0.4, 0.5) is 0 Å². The smallest absolute Gasteiger partial charge is 0.251 e. The summed E-state index contributed by atoms with van der Waals surface area (Å²) in [6.45, 7) is -0.559. The normalized spacial score (nSPS) is 28.5. The lowest BCUT2D eigenvalue weighted by molar-refractivity contribution is -0.252. The van der Waals surface area contributed by atoms with Gasteiger partial charge in [-0.2, -0.15) is 0 Å². The fourth-order valence-electron chi connectivity index (χ4n) is 2.93. The van der Waals surface area contributed by atoms with Crippen LogP contribution < -0.4 is 5.32 Å². The Hall–Kier alpha value is -2.29. The maximum Gasteiger partial charge on any atom is 0.251 e. The molecular weight excluding hydrogens is 338 g/mol. The Morgan fingerprint density at radius 3 is 2.15 bits per heavy atom. The Morgan fingerprint density at radius 2 is 1.54 bits per heavy atom. The van der Waals surface area contributed by atoms with E-state index in [1.807, 2.05) is 30.3 Å². The maximum absolute atomic E-state index is 12.4. The van der Waals surface area contributed by atoms with Gasteiger partial charge in [0.25, 0.3) is 5.91 Å². The molecule has 1 aliphatic rings. The molecule has 1 saturated heterocycles. The molecule has 1 fully saturated rings. The zero-order valence-corrected chi connectivity index (χ0v) is 13.9. The molecule has 7 nitrogen and oxygen atoms in total. The van der Waals surface area contributed by atoms with Gasteiger partial charge in [-0.25, -0.2) is 0 Å². The van der Waals surface area contributed by atoms with Crippen LogP contribution in [0.15, 0.2) is 54.6 Å². The van der Waals surface area contributed by atoms with E-state index in [-0.39, 0.29) is 0 Å². The summed E-state index contributed by atoms with van der Waals surface area (Å²) < 4.78 is 5.03. The molecule has 0 aromatic heterocycles. The topological polar surface area (TPSA) is 119 Å². The molecule has 1 aliphatic heterocycles. The number of hydrogen-bond donors (Lipinski definition) is 5. The fraction of sp³-hybridized carbons (Fsp3) is 0.316. The Balaban J connectivity index is 1.70. The summed E-state index contributed by atoms with van der Waals surface area (Å²) in [4.78, 5) is 12.4. The van der Waals surface area contributed by atoms with Crippen LogP contribution >= 0.6 is 0 Å². The first-order valence-electron chi connectivity index (χ1n) is 8.28. The van der Waals surface area contributed by atoms with Gasteiger partial charge in [0.15, 0.2) is 6.29 Å². The minimum absolute atomic E-state index is 0.336. The number of carbonyl (C=O) groups is 1. The van der Waals surface area contributed by atoms with E-state index in [0.29, 0.717) is 5.56 Å². The molecule has 0 saturated carbocycles. The average Bonchev–Trinajstić information content (AvgIpc) is 2.68. The predicted octanol–water partition coefficient (Wildman–Crippen LogP) is -0.117. The molecule has 5 atom stereocenters. The van der Waals surface area contributed by atoms with E-state index >= 15 is 0 Å². The number of ether oxygens (including phenoxy) is 1. The van der Waals surface area contributed by atoms with Crippen LogP contribution in [0.5, 0.6) is 0 Å². The van der Waals surface area contributed by atoms with E-state index in [2.05, 4.69) is 5.32 Å². The summed E-state index contributed by atoms with van der Waals surface area (Å²) in [5.41, 5.74) is 2.30. The number of aliphatic hydroxyl groups is 4. The Labute approximate surface area is 150 Å². The molecule has 138 valence electrons. The molecule has 0 spiro atoms. The lowest BCUT2D eigenvalue weighted by Gasteiger charge is -2.40. The third-order valence-corrected chi connectivity index (χ3v) is 4.45. The highest BCUT2D eigenvalue weighted by molar-refractivity contribution is 5.95. The summed E-state index contributed by atoms with van der Waals surface area (Å²) in [7, 11) is 0. The van der Waals surface area contributed by atoms with Gasteiger partial charge in [-0.15, -0.1) is 0 Å². The van der Waals surface area contributed by atoms with Gasteiger partial charge in [0.2, 0.25) is 0 Å². The molecule has 0 bridgehead atoms. The molecule has 0 aliphatic carbocycles. The molecule has 7 heteroatoms. The van der Waals surface area contributed by atoms with Crippen molar-refractivity contribution in [2.75, 3.05) is 6.61 Å². The van der Waals surface area contributed by atoms with Gasteiger partial charge in [-0.3, -0.25) is 4.79 Å². The van der Waals surface area contributed by atoms with Gasteiger partial charge in [0.05, 0.1) is 6.61 Å². The van der Waals surface area contributed by atoms with Crippen LogP contribution in [0.1, 0.15) is 10.4 Å². The number of aliphatic hydroxyl groups excluding tert-OH is 4. The van der Waals surface area contributed by atoms with Crippen LogP contribution in [0.2, 0.25) is 0 Å². The second kappa shape index (κ2) is 7.94. The summed E-state index contributed by atoms with van der Waals surface area (Å²) in [6.07, 6.45) is -5.55. The Bertz CT molecular complexity index is 735. The largest absolute Gasteiger partial charge is 0.394 e. The second-order valence-electron chi connectivity index (χ2n) is 6.17. The van der Waals surface area contributed by atoms with Gasteiger partial charge in [-0.05, 0) is 23.3 Å². The Morgan fingerprint density at radius 1 is 0.923 bits per heavy atom. The van der Waals surface area contributed by atoms with E-state index in [9.17, 15) is 20.1 Å². The van der Waals surface area contributed by atoms with E-state index < -0.39 is 43.2 Å². The van der Waals surface area contributed by atoms with Crippen molar-refractivity contribution in [2.24, 2.45) is 0 Å². The summed E-state index contributed by atoms with van der Waals surface area (Å²) >= 11 is 0. The van der Waals surface area contributed by atoms with E-state index in [0.717, 1.165) is 11.1 Å². The maximum atomic E-state index is 12.4. The minimum atomic E-state index is -1.54. The number of benzene rings is 2. The van der Waals surface area contributed by atoms with Gasteiger partial charge in [-0.1, -0.05) is 42.5 Å². The van der Waals surface area contributed by atoms with Crippen LogP contribution in [0.3, 0.4) is 0 Å². The number of nitrogens with one attached hydrogen (secondary N) is 1. The van der Waals surface area contributed by atoms with Crippen LogP contribution in [-0.2, 0) is 4.74 Å². The van der Waals surface area contributed by atoms with Crippen molar-refractivity contribution in [2.45, 2.75) is 30.6 Å². The van der Waals surface area contributed by atoms with Crippen LogP contribution in [-0.4, -0.2) is 63.6 Å². The molecule has 2 aromatic carbocycles. The summed E-state index contributed by atoms with van der Waals surface area (Å²) in [5.74, 6) is -0.522. The average molecular weight is 359 g/mol. The minimum Gasteiger partial charge on any atom is -0.394 e. The molecule has 5 N–H and O–H groups in total. The second-order valence-corrected chi connectivity index (χ2v) is 6.17. The van der Waals surface area contributed by atoms with E-state index in [4.69, 9.17) is 9.84 Å². The summed E-state index contributed by atoms with van der Waals surface area (Å²) in [6, 6.07) is 15.3. The van der Waals surface area contributed by atoms with Crippen molar-refractivity contribution in [3.05, 3.63) is 60.2 Å². The van der Waals surface area contributed by atoms with Crippen molar-refractivity contribution < 1.29 is 30.0 Å². The molecule has 1 unspecified atom stereocenters. The van der Waals surface area contributed by atoms with Crippen molar-refractivity contribution in [1.82, 2.24) is 5.32 Å². The van der Waals surface area contributed by atoms with Gasteiger partial charge in [0.1, 0.15) is 24.4 Å². The molecule has 0 radical (unpaired) electrons. The lowest BCUT2D eigenvalue weighted by Crippen LogP contribution is -2.64.